The molecule has 2 heterocycles. The van der Waals surface area contributed by atoms with Gasteiger partial charge >= 0.3 is 0 Å². The molecule has 0 atom stereocenters. The molecule has 2 N–H and O–H groups in total. The largest absolute Gasteiger partial charge is 0.382 e. The highest BCUT2D eigenvalue weighted by molar-refractivity contribution is 6.31. The van der Waals surface area contributed by atoms with Crippen molar-refractivity contribution in [3.63, 3.8) is 0 Å². The summed E-state index contributed by atoms with van der Waals surface area (Å²) in [5.41, 5.74) is 2.70. The third-order valence-corrected chi connectivity index (χ3v) is 5.54. The molecular weight excluding hydrogens is 360 g/mol. The number of nitrogens with zero attached hydrogens (tertiary/aromatic N) is 2. The maximum Gasteiger partial charge on any atom is 0.268 e. The third-order valence-electron chi connectivity index (χ3n) is 5.30. The number of carbonyl (C=O) groups excluding carboxylic acids is 1. The molecule has 1 aromatic carbocycles. The van der Waals surface area contributed by atoms with Gasteiger partial charge in [-0.25, -0.2) is 0 Å². The Balaban J connectivity index is 1.36. The number of nitrogens with one attached hydrogen (secondary N) is 2. The number of carbonyl (C=O) groups is 1. The molecule has 4 rings (SSSR count). The van der Waals surface area contributed by atoms with Crippen molar-refractivity contribution in [1.82, 2.24) is 14.9 Å². The highest BCUT2D eigenvalue weighted by Crippen LogP contribution is 2.28. The average Bonchev–Trinajstić information content (AvgIpc) is 3.09. The molecule has 0 radical (unpaired) electrons. The second-order valence-electron chi connectivity index (χ2n) is 7.19. The van der Waals surface area contributed by atoms with Crippen molar-refractivity contribution in [2.75, 3.05) is 5.32 Å². The Hall–Kier alpha value is -2.53. The molecule has 1 aliphatic rings. The summed E-state index contributed by atoms with van der Waals surface area (Å²) < 4.78 is 1.85. The maximum atomic E-state index is 12.4. The van der Waals surface area contributed by atoms with Crippen molar-refractivity contribution in [1.29, 1.82) is 0 Å². The van der Waals surface area contributed by atoms with Gasteiger partial charge in [-0.05, 0) is 62.1 Å². The van der Waals surface area contributed by atoms with Crippen LogP contribution in [0.15, 0.2) is 48.8 Å². The first kappa shape index (κ1) is 17.9. The lowest BCUT2D eigenvalue weighted by Crippen LogP contribution is -2.40. The topological polar surface area (TPSA) is 59.0 Å². The van der Waals surface area contributed by atoms with E-state index in [0.717, 1.165) is 42.3 Å². The Kier molecular flexibility index (Phi) is 5.03. The number of aryl methyl sites for hydroxylation is 1. The average molecular weight is 383 g/mol. The van der Waals surface area contributed by atoms with E-state index in [-0.39, 0.29) is 11.9 Å². The van der Waals surface area contributed by atoms with E-state index in [1.807, 2.05) is 60.4 Å². The lowest BCUT2D eigenvalue weighted by atomic mass is 9.90. The minimum absolute atomic E-state index is 0.0101. The number of anilines is 1. The molecule has 1 aliphatic carbocycles. The summed E-state index contributed by atoms with van der Waals surface area (Å²) in [5, 5.41) is 8.60. The maximum absolute atomic E-state index is 12.4. The van der Waals surface area contributed by atoms with Crippen LogP contribution in [0.25, 0.3) is 10.9 Å². The van der Waals surface area contributed by atoms with E-state index in [1.165, 1.54) is 0 Å². The first-order chi connectivity index (χ1) is 13.1. The first-order valence-corrected chi connectivity index (χ1v) is 9.71. The summed E-state index contributed by atoms with van der Waals surface area (Å²) in [4.78, 5) is 16.8. The van der Waals surface area contributed by atoms with Crippen molar-refractivity contribution in [3.05, 3.63) is 59.5 Å². The van der Waals surface area contributed by atoms with Crippen molar-refractivity contribution in [3.8, 4) is 0 Å². The summed E-state index contributed by atoms with van der Waals surface area (Å²) in [5.74, 6) is 0.0101. The van der Waals surface area contributed by atoms with Gasteiger partial charge in [0.1, 0.15) is 5.69 Å². The number of pyridine rings is 1. The fraction of sp³-hybridized carbons (Fsp3) is 0.333. The van der Waals surface area contributed by atoms with Gasteiger partial charge in [-0.15, -0.1) is 0 Å². The molecule has 27 heavy (non-hydrogen) atoms. The Labute approximate surface area is 163 Å². The van der Waals surface area contributed by atoms with Crippen LogP contribution in [0.1, 0.15) is 36.2 Å². The van der Waals surface area contributed by atoms with Crippen molar-refractivity contribution < 1.29 is 4.79 Å². The van der Waals surface area contributed by atoms with Crippen LogP contribution in [-0.4, -0.2) is 27.5 Å². The number of halogens is 1. The predicted octanol–water partition coefficient (Wildman–Crippen LogP) is 4.38. The van der Waals surface area contributed by atoms with Gasteiger partial charge in [-0.2, -0.15) is 0 Å². The van der Waals surface area contributed by atoms with Crippen LogP contribution in [0.4, 0.5) is 5.69 Å². The third kappa shape index (κ3) is 3.93. The molecule has 3 aromatic rings. The van der Waals surface area contributed by atoms with Crippen molar-refractivity contribution in [2.45, 2.75) is 37.8 Å². The molecular formula is C21H23ClN4O. The molecule has 0 bridgehead atoms. The SMILES string of the molecule is Cn1cccc1C(=O)NC1CCC(Nc2ccnc3cc(Cl)ccc23)CC1. The van der Waals surface area contributed by atoms with E-state index in [1.54, 1.807) is 0 Å². The molecule has 6 heteroatoms. The molecule has 5 nitrogen and oxygen atoms in total. The monoisotopic (exact) mass is 382 g/mol. The fourth-order valence-electron chi connectivity index (χ4n) is 3.81. The minimum atomic E-state index is 0.0101. The van der Waals surface area contributed by atoms with Crippen molar-refractivity contribution in [2.24, 2.45) is 7.05 Å². The van der Waals surface area contributed by atoms with E-state index >= 15 is 0 Å². The lowest BCUT2D eigenvalue weighted by molar-refractivity contribution is 0.0918. The van der Waals surface area contributed by atoms with Gasteiger partial charge in [-0.1, -0.05) is 11.6 Å². The fourth-order valence-corrected chi connectivity index (χ4v) is 3.97. The molecule has 2 aromatic heterocycles. The zero-order chi connectivity index (χ0) is 18.8. The van der Waals surface area contributed by atoms with Gasteiger partial charge in [0.15, 0.2) is 0 Å². The highest BCUT2D eigenvalue weighted by atomic mass is 35.5. The van der Waals surface area contributed by atoms with Crippen LogP contribution in [-0.2, 0) is 7.05 Å². The van der Waals surface area contributed by atoms with E-state index in [4.69, 9.17) is 11.6 Å². The number of amides is 1. The molecule has 1 saturated carbocycles. The second-order valence-corrected chi connectivity index (χ2v) is 7.63. The number of benzene rings is 1. The summed E-state index contributed by atoms with van der Waals surface area (Å²) in [6, 6.07) is 12.2. The Bertz CT molecular complexity index is 960. The van der Waals surface area contributed by atoms with Crippen LogP contribution in [0, 0.1) is 0 Å². The first-order valence-electron chi connectivity index (χ1n) is 9.33. The molecule has 1 fully saturated rings. The lowest BCUT2D eigenvalue weighted by Gasteiger charge is -2.30. The highest BCUT2D eigenvalue weighted by Gasteiger charge is 2.23. The van der Waals surface area contributed by atoms with Crippen LogP contribution in [0.2, 0.25) is 5.02 Å². The quantitative estimate of drug-likeness (QED) is 0.704. The summed E-state index contributed by atoms with van der Waals surface area (Å²) in [7, 11) is 1.89. The number of hydrogen-bond acceptors (Lipinski definition) is 3. The molecule has 0 aliphatic heterocycles. The van der Waals surface area contributed by atoms with E-state index in [9.17, 15) is 4.79 Å². The molecule has 0 saturated heterocycles. The zero-order valence-electron chi connectivity index (χ0n) is 15.3. The van der Waals surface area contributed by atoms with Gasteiger partial charge in [0.2, 0.25) is 0 Å². The van der Waals surface area contributed by atoms with E-state index in [2.05, 4.69) is 15.6 Å². The standard InChI is InChI=1S/C21H23ClN4O/c1-26-12-2-3-20(26)21(27)25-16-7-5-15(6-8-16)24-18-10-11-23-19-13-14(22)4-9-17(18)19/h2-4,9-13,15-16H,5-8H2,1H3,(H,23,24)(H,25,27). The Morgan fingerprint density at radius 2 is 1.93 bits per heavy atom. The number of fused-ring (bicyclic) bond motifs is 1. The normalized spacial score (nSPS) is 19.8. The molecule has 0 unspecified atom stereocenters. The number of hydrogen-bond donors (Lipinski definition) is 2. The van der Waals surface area contributed by atoms with Crippen LogP contribution in [0.5, 0.6) is 0 Å². The second kappa shape index (κ2) is 7.61. The summed E-state index contributed by atoms with van der Waals surface area (Å²) in [6.07, 6.45) is 7.70. The van der Waals surface area contributed by atoms with Gasteiger partial charge < -0.3 is 15.2 Å². The van der Waals surface area contributed by atoms with Gasteiger partial charge in [0.05, 0.1) is 5.52 Å². The summed E-state index contributed by atoms with van der Waals surface area (Å²) in [6.45, 7) is 0. The van der Waals surface area contributed by atoms with E-state index < -0.39 is 0 Å². The Morgan fingerprint density at radius 1 is 1.15 bits per heavy atom. The van der Waals surface area contributed by atoms with Crippen molar-refractivity contribution >= 4 is 34.1 Å². The van der Waals surface area contributed by atoms with Crippen LogP contribution in [0.3, 0.4) is 0 Å². The van der Waals surface area contributed by atoms with Gasteiger partial charge in [0, 0.05) is 47.6 Å². The molecule has 140 valence electrons. The molecule has 0 spiro atoms. The minimum Gasteiger partial charge on any atom is -0.382 e. The van der Waals surface area contributed by atoms with Crippen LogP contribution < -0.4 is 10.6 Å². The zero-order valence-corrected chi connectivity index (χ0v) is 16.0. The van der Waals surface area contributed by atoms with E-state index in [0.29, 0.717) is 16.8 Å². The van der Waals surface area contributed by atoms with Gasteiger partial charge in [0.25, 0.3) is 5.91 Å². The smallest absolute Gasteiger partial charge is 0.268 e. The van der Waals surface area contributed by atoms with Gasteiger partial charge in [-0.3, -0.25) is 9.78 Å². The number of aromatic nitrogens is 2. The summed E-state index contributed by atoms with van der Waals surface area (Å²) >= 11 is 6.07. The van der Waals surface area contributed by atoms with Crippen LogP contribution >= 0.6 is 11.6 Å². The molecule has 1 amide bonds. The Morgan fingerprint density at radius 3 is 2.67 bits per heavy atom. The predicted molar refractivity (Wildman–Crippen MR) is 109 cm³/mol. The number of rotatable bonds is 4.